The van der Waals surface area contributed by atoms with Gasteiger partial charge in [0, 0.05) is 37.6 Å². The molecule has 0 spiro atoms. The maximum Gasteiger partial charge on any atom is 0.0642 e. The summed E-state index contributed by atoms with van der Waals surface area (Å²) in [6.07, 6.45) is 0. The second kappa shape index (κ2) is 8.80. The fourth-order valence-electron chi connectivity index (χ4n) is 3.92. The van der Waals surface area contributed by atoms with E-state index in [0.717, 1.165) is 52.6 Å². The minimum atomic E-state index is 0.820. The normalized spacial score (nSPS) is 18.8. The molecule has 4 nitrogen and oxygen atoms in total. The van der Waals surface area contributed by atoms with E-state index < -0.39 is 0 Å². The van der Waals surface area contributed by atoms with Crippen molar-refractivity contribution in [2.45, 2.75) is 13.8 Å². The maximum atomic E-state index is 5.45. The lowest BCUT2D eigenvalue weighted by atomic mass is 9.96. The lowest BCUT2D eigenvalue weighted by Gasteiger charge is -2.29. The lowest BCUT2D eigenvalue weighted by Crippen LogP contribution is -2.36. The molecular formula is C24H30N2O2. The van der Waals surface area contributed by atoms with Crippen LogP contribution in [-0.2, 0) is 9.47 Å². The van der Waals surface area contributed by atoms with Gasteiger partial charge in [0.15, 0.2) is 0 Å². The molecule has 0 radical (unpaired) electrons. The largest absolute Gasteiger partial charge is 0.378 e. The highest BCUT2D eigenvalue weighted by Crippen LogP contribution is 2.29. The first-order chi connectivity index (χ1) is 13.7. The smallest absolute Gasteiger partial charge is 0.0642 e. The zero-order valence-electron chi connectivity index (χ0n) is 17.0. The van der Waals surface area contributed by atoms with Crippen molar-refractivity contribution in [1.29, 1.82) is 0 Å². The Morgan fingerprint density at radius 1 is 0.571 bits per heavy atom. The molecule has 0 unspecified atom stereocenters. The van der Waals surface area contributed by atoms with Crippen LogP contribution in [0.25, 0.3) is 11.1 Å². The average molecular weight is 379 g/mol. The minimum absolute atomic E-state index is 0.820. The zero-order chi connectivity index (χ0) is 19.3. The number of benzene rings is 2. The first kappa shape index (κ1) is 19.0. The van der Waals surface area contributed by atoms with Gasteiger partial charge in [0.1, 0.15) is 0 Å². The molecule has 2 heterocycles. The van der Waals surface area contributed by atoms with Gasteiger partial charge in [0.25, 0.3) is 0 Å². The predicted molar refractivity (Wildman–Crippen MR) is 117 cm³/mol. The average Bonchev–Trinajstić information content (AvgIpc) is 2.79. The van der Waals surface area contributed by atoms with Crippen LogP contribution >= 0.6 is 0 Å². The van der Waals surface area contributed by atoms with Gasteiger partial charge in [-0.05, 0) is 60.4 Å². The molecule has 2 aliphatic heterocycles. The third-order valence-corrected chi connectivity index (χ3v) is 5.92. The van der Waals surface area contributed by atoms with Gasteiger partial charge in [-0.1, -0.05) is 24.3 Å². The van der Waals surface area contributed by atoms with Crippen molar-refractivity contribution in [2.75, 3.05) is 62.4 Å². The maximum absolute atomic E-state index is 5.45. The Morgan fingerprint density at radius 3 is 1.21 bits per heavy atom. The van der Waals surface area contributed by atoms with Gasteiger partial charge >= 0.3 is 0 Å². The van der Waals surface area contributed by atoms with Gasteiger partial charge in [0.05, 0.1) is 26.4 Å². The fourth-order valence-corrected chi connectivity index (χ4v) is 3.92. The van der Waals surface area contributed by atoms with E-state index in [2.05, 4.69) is 72.2 Å². The van der Waals surface area contributed by atoms with Gasteiger partial charge in [-0.3, -0.25) is 0 Å². The number of nitrogens with zero attached hydrogens (tertiary/aromatic N) is 2. The zero-order valence-corrected chi connectivity index (χ0v) is 17.0. The molecule has 0 bridgehead atoms. The molecule has 148 valence electrons. The monoisotopic (exact) mass is 378 g/mol. The topological polar surface area (TPSA) is 24.9 Å². The molecule has 0 saturated carbocycles. The van der Waals surface area contributed by atoms with Crippen molar-refractivity contribution in [3.63, 3.8) is 0 Å². The number of anilines is 2. The lowest BCUT2D eigenvalue weighted by molar-refractivity contribution is 0.122. The van der Waals surface area contributed by atoms with E-state index in [1.807, 2.05) is 0 Å². The first-order valence-electron chi connectivity index (χ1n) is 10.3. The molecular weight excluding hydrogens is 348 g/mol. The van der Waals surface area contributed by atoms with Crippen LogP contribution in [-0.4, -0.2) is 52.6 Å². The molecule has 2 aromatic carbocycles. The van der Waals surface area contributed by atoms with Gasteiger partial charge in [-0.25, -0.2) is 0 Å². The molecule has 0 N–H and O–H groups in total. The van der Waals surface area contributed by atoms with Crippen LogP contribution in [0.5, 0.6) is 0 Å². The molecule has 0 atom stereocenters. The molecule has 0 aromatic heterocycles. The Kier molecular flexibility index (Phi) is 5.98. The van der Waals surface area contributed by atoms with Crippen molar-refractivity contribution in [2.24, 2.45) is 0 Å². The van der Waals surface area contributed by atoms with Crippen LogP contribution in [0, 0.1) is 0 Å². The number of ether oxygens (including phenoxy) is 2. The third kappa shape index (κ3) is 4.23. The Morgan fingerprint density at radius 2 is 0.893 bits per heavy atom. The summed E-state index contributed by atoms with van der Waals surface area (Å²) in [7, 11) is 0. The standard InChI is InChI=1S/C24H30N2O2/c1-19(21-3-7-23(8-4-21)25-11-15-27-16-12-25)20(2)22-5-9-24(10-6-22)26-13-17-28-18-14-26/h3-10H,11-18H2,1-2H3/b20-19+. The summed E-state index contributed by atoms with van der Waals surface area (Å²) in [4.78, 5) is 4.78. The summed E-state index contributed by atoms with van der Waals surface area (Å²) in [6, 6.07) is 17.9. The van der Waals surface area contributed by atoms with Gasteiger partial charge in [-0.15, -0.1) is 0 Å². The Labute approximate surface area is 168 Å². The second-order valence-electron chi connectivity index (χ2n) is 7.54. The summed E-state index contributed by atoms with van der Waals surface area (Å²) in [5, 5.41) is 0. The first-order valence-corrected chi connectivity index (χ1v) is 10.3. The molecule has 2 aliphatic rings. The van der Waals surface area contributed by atoms with Crippen molar-refractivity contribution in [3.8, 4) is 0 Å². The van der Waals surface area contributed by atoms with E-state index in [0.29, 0.717) is 0 Å². The Hall–Kier alpha value is -2.30. The van der Waals surface area contributed by atoms with Gasteiger partial charge in [-0.2, -0.15) is 0 Å². The number of hydrogen-bond acceptors (Lipinski definition) is 4. The molecule has 4 rings (SSSR count). The highest BCUT2D eigenvalue weighted by molar-refractivity contribution is 5.89. The Bertz CT molecular complexity index is 730. The van der Waals surface area contributed by atoms with Crippen molar-refractivity contribution in [1.82, 2.24) is 0 Å². The quantitative estimate of drug-likeness (QED) is 0.740. The summed E-state index contributed by atoms with van der Waals surface area (Å²) < 4.78 is 10.9. The number of allylic oxidation sites excluding steroid dienone is 2. The van der Waals surface area contributed by atoms with Crippen molar-refractivity contribution in [3.05, 3.63) is 59.7 Å². The summed E-state index contributed by atoms with van der Waals surface area (Å²) in [6.45, 7) is 11.6. The van der Waals surface area contributed by atoms with Crippen LogP contribution < -0.4 is 9.80 Å². The summed E-state index contributed by atoms with van der Waals surface area (Å²) in [5.74, 6) is 0. The highest BCUT2D eigenvalue weighted by atomic mass is 16.5. The van der Waals surface area contributed by atoms with Crippen molar-refractivity contribution < 1.29 is 9.47 Å². The molecule has 2 fully saturated rings. The fraction of sp³-hybridized carbons (Fsp3) is 0.417. The van der Waals surface area contributed by atoms with Gasteiger partial charge in [0.2, 0.25) is 0 Å². The summed E-state index contributed by atoms with van der Waals surface area (Å²) in [5.41, 5.74) is 7.79. The number of morpholine rings is 2. The second-order valence-corrected chi connectivity index (χ2v) is 7.54. The number of rotatable bonds is 4. The van der Waals surface area contributed by atoms with Crippen LogP contribution in [0.3, 0.4) is 0 Å². The van der Waals surface area contributed by atoms with Crippen LogP contribution in [0.1, 0.15) is 25.0 Å². The van der Waals surface area contributed by atoms with E-state index in [-0.39, 0.29) is 0 Å². The highest BCUT2D eigenvalue weighted by Gasteiger charge is 2.13. The molecule has 0 aliphatic carbocycles. The number of hydrogen-bond donors (Lipinski definition) is 0. The molecule has 28 heavy (non-hydrogen) atoms. The molecule has 2 aromatic rings. The van der Waals surface area contributed by atoms with E-state index in [4.69, 9.17) is 9.47 Å². The van der Waals surface area contributed by atoms with E-state index in [1.54, 1.807) is 0 Å². The van der Waals surface area contributed by atoms with Crippen LogP contribution in [0.2, 0.25) is 0 Å². The van der Waals surface area contributed by atoms with E-state index in [9.17, 15) is 0 Å². The third-order valence-electron chi connectivity index (χ3n) is 5.92. The van der Waals surface area contributed by atoms with Gasteiger partial charge < -0.3 is 19.3 Å². The Balaban J connectivity index is 1.49. The van der Waals surface area contributed by atoms with E-state index in [1.165, 1.54) is 33.6 Å². The van der Waals surface area contributed by atoms with E-state index >= 15 is 0 Å². The van der Waals surface area contributed by atoms with Crippen LogP contribution in [0.4, 0.5) is 11.4 Å². The predicted octanol–water partition coefficient (Wildman–Crippen LogP) is 4.31. The SMILES string of the molecule is C/C(=C(/C)c1ccc(N2CCOCC2)cc1)c1ccc(N2CCOCC2)cc1. The molecule has 2 saturated heterocycles. The van der Waals surface area contributed by atoms with Crippen LogP contribution in [0.15, 0.2) is 48.5 Å². The molecule has 4 heteroatoms. The minimum Gasteiger partial charge on any atom is -0.378 e. The molecule has 0 amide bonds. The van der Waals surface area contributed by atoms with Crippen molar-refractivity contribution >= 4 is 22.5 Å². The summed E-state index contributed by atoms with van der Waals surface area (Å²) >= 11 is 0.